The van der Waals surface area contributed by atoms with Gasteiger partial charge in [-0.25, -0.2) is 4.98 Å². The van der Waals surface area contributed by atoms with Crippen LogP contribution in [-0.2, 0) is 13.1 Å². The molecule has 8 heteroatoms. The highest BCUT2D eigenvalue weighted by Crippen LogP contribution is 2.63. The molecule has 0 unspecified atom stereocenters. The number of rotatable bonds is 8. The zero-order valence-corrected chi connectivity index (χ0v) is 19.6. The van der Waals surface area contributed by atoms with Gasteiger partial charge in [0, 0.05) is 43.5 Å². The fraction of sp³-hybridized carbons (Fsp3) is 0.333. The Balaban J connectivity index is 1.17. The lowest BCUT2D eigenvalue weighted by Crippen LogP contribution is -2.56. The number of methoxy groups -OCH3 is 1. The highest BCUT2D eigenvalue weighted by molar-refractivity contribution is 5.92. The molecule has 35 heavy (non-hydrogen) atoms. The molecule has 2 N–H and O–H groups in total. The molecular weight excluding hydrogens is 442 g/mol. The summed E-state index contributed by atoms with van der Waals surface area (Å²) in [6.07, 6.45) is 7.66. The standard InChI is InChI=1S/C27H27N5O3/c1-35-22-8-17(14-30-26(34)21-9-24(33)32-5-3-2-4-23(32)31-21)6-20-7-18(15-29-25(20)22)13-28-16-27-10-19(11-27)12-27/h2-9,15,19,28H,10-14,16H2,1H3,(H,30,34). The van der Waals surface area contributed by atoms with Gasteiger partial charge in [0.05, 0.1) is 7.11 Å². The minimum atomic E-state index is -0.405. The van der Waals surface area contributed by atoms with Crippen molar-refractivity contribution in [1.29, 1.82) is 0 Å². The molecule has 0 aliphatic heterocycles. The van der Waals surface area contributed by atoms with Gasteiger partial charge in [0.15, 0.2) is 0 Å². The number of benzene rings is 1. The van der Waals surface area contributed by atoms with E-state index in [0.29, 0.717) is 16.8 Å². The number of nitrogens with one attached hydrogen (secondary N) is 2. The first-order valence-electron chi connectivity index (χ1n) is 11.9. The van der Waals surface area contributed by atoms with Crippen molar-refractivity contribution in [3.63, 3.8) is 0 Å². The Hall–Kier alpha value is -3.78. The van der Waals surface area contributed by atoms with Gasteiger partial charge in [0.1, 0.15) is 22.6 Å². The van der Waals surface area contributed by atoms with Crippen LogP contribution in [0, 0.1) is 11.3 Å². The molecule has 0 radical (unpaired) electrons. The molecular formula is C27H27N5O3. The number of nitrogens with zero attached hydrogens (tertiary/aromatic N) is 3. The van der Waals surface area contributed by atoms with E-state index in [1.165, 1.54) is 29.7 Å². The van der Waals surface area contributed by atoms with Gasteiger partial charge in [0.25, 0.3) is 11.5 Å². The maximum absolute atomic E-state index is 12.7. The van der Waals surface area contributed by atoms with E-state index in [1.54, 1.807) is 31.5 Å². The molecule has 178 valence electrons. The molecule has 7 rings (SSSR count). The summed E-state index contributed by atoms with van der Waals surface area (Å²) in [6, 6.07) is 12.5. The van der Waals surface area contributed by atoms with Gasteiger partial charge in [-0.3, -0.25) is 19.0 Å². The number of hydrogen-bond acceptors (Lipinski definition) is 6. The molecule has 3 heterocycles. The smallest absolute Gasteiger partial charge is 0.270 e. The summed E-state index contributed by atoms with van der Waals surface area (Å²) in [4.78, 5) is 34.0. The second kappa shape index (κ2) is 8.46. The van der Waals surface area contributed by atoms with Gasteiger partial charge in [-0.2, -0.15) is 0 Å². The van der Waals surface area contributed by atoms with Crippen LogP contribution < -0.4 is 20.9 Å². The Bertz CT molecular complexity index is 1500. The van der Waals surface area contributed by atoms with Crippen LogP contribution in [0.4, 0.5) is 0 Å². The fourth-order valence-corrected chi connectivity index (χ4v) is 5.46. The van der Waals surface area contributed by atoms with Crippen LogP contribution in [0.2, 0.25) is 0 Å². The van der Waals surface area contributed by atoms with Crippen molar-refractivity contribution in [2.45, 2.75) is 32.4 Å². The minimum Gasteiger partial charge on any atom is -0.494 e. The first-order valence-corrected chi connectivity index (χ1v) is 11.9. The second-order valence-corrected chi connectivity index (χ2v) is 9.89. The van der Waals surface area contributed by atoms with Crippen LogP contribution in [0.5, 0.6) is 5.75 Å². The summed E-state index contributed by atoms with van der Waals surface area (Å²) in [5, 5.41) is 7.43. The van der Waals surface area contributed by atoms with Gasteiger partial charge in [-0.05, 0) is 72.1 Å². The molecule has 3 saturated carbocycles. The highest BCUT2D eigenvalue weighted by Gasteiger charge is 2.55. The van der Waals surface area contributed by atoms with Crippen molar-refractivity contribution in [3.8, 4) is 5.75 Å². The van der Waals surface area contributed by atoms with Gasteiger partial charge >= 0.3 is 0 Å². The zero-order valence-electron chi connectivity index (χ0n) is 19.6. The summed E-state index contributed by atoms with van der Waals surface area (Å²) in [5.74, 6) is 1.24. The van der Waals surface area contributed by atoms with Crippen molar-refractivity contribution < 1.29 is 9.53 Å². The van der Waals surface area contributed by atoms with Gasteiger partial charge in [-0.15, -0.1) is 0 Å². The van der Waals surface area contributed by atoms with Crippen molar-refractivity contribution in [3.05, 3.63) is 82.0 Å². The number of fused-ring (bicyclic) bond motifs is 2. The predicted octanol–water partition coefficient (Wildman–Crippen LogP) is 3.07. The molecule has 4 aromatic rings. The Labute approximate surface area is 202 Å². The van der Waals surface area contributed by atoms with E-state index in [0.717, 1.165) is 41.0 Å². The van der Waals surface area contributed by atoms with E-state index >= 15 is 0 Å². The molecule has 2 bridgehead atoms. The second-order valence-electron chi connectivity index (χ2n) is 9.89. The lowest BCUT2D eigenvalue weighted by Gasteiger charge is -2.62. The first kappa shape index (κ1) is 21.7. The van der Waals surface area contributed by atoms with Crippen molar-refractivity contribution in [2.75, 3.05) is 13.7 Å². The van der Waals surface area contributed by atoms with E-state index in [9.17, 15) is 9.59 Å². The summed E-state index contributed by atoms with van der Waals surface area (Å²) >= 11 is 0. The van der Waals surface area contributed by atoms with Crippen LogP contribution >= 0.6 is 0 Å². The average molecular weight is 470 g/mol. The van der Waals surface area contributed by atoms with E-state index in [1.807, 2.05) is 18.3 Å². The van der Waals surface area contributed by atoms with Crippen LogP contribution in [0.15, 0.2) is 59.7 Å². The zero-order chi connectivity index (χ0) is 24.0. The van der Waals surface area contributed by atoms with Crippen LogP contribution in [0.1, 0.15) is 40.9 Å². The van der Waals surface area contributed by atoms with Gasteiger partial charge in [-0.1, -0.05) is 6.07 Å². The maximum Gasteiger partial charge on any atom is 0.270 e. The van der Waals surface area contributed by atoms with E-state index in [4.69, 9.17) is 4.74 Å². The van der Waals surface area contributed by atoms with E-state index in [-0.39, 0.29) is 17.8 Å². The predicted molar refractivity (Wildman–Crippen MR) is 132 cm³/mol. The molecule has 3 aliphatic rings. The monoisotopic (exact) mass is 469 g/mol. The molecule has 1 aromatic carbocycles. The Morgan fingerprint density at radius 3 is 2.74 bits per heavy atom. The third-order valence-corrected chi connectivity index (χ3v) is 7.34. The molecule has 0 saturated heterocycles. The third kappa shape index (κ3) is 4.04. The average Bonchev–Trinajstić information content (AvgIpc) is 2.82. The summed E-state index contributed by atoms with van der Waals surface area (Å²) in [5.41, 5.74) is 3.57. The fourth-order valence-electron chi connectivity index (χ4n) is 5.46. The maximum atomic E-state index is 12.7. The number of ether oxygens (including phenoxy) is 1. The first-order chi connectivity index (χ1) is 17.0. The Kier molecular flexibility index (Phi) is 5.25. The van der Waals surface area contributed by atoms with Crippen molar-refractivity contribution >= 4 is 22.5 Å². The van der Waals surface area contributed by atoms with E-state index < -0.39 is 5.91 Å². The van der Waals surface area contributed by atoms with Crippen LogP contribution in [0.25, 0.3) is 16.6 Å². The molecule has 3 aromatic heterocycles. The normalized spacial score (nSPS) is 20.3. The Morgan fingerprint density at radius 2 is 1.97 bits per heavy atom. The highest BCUT2D eigenvalue weighted by atomic mass is 16.5. The molecule has 3 aliphatic carbocycles. The number of hydrogen-bond donors (Lipinski definition) is 2. The van der Waals surface area contributed by atoms with Gasteiger partial charge in [0.2, 0.25) is 0 Å². The molecule has 0 spiro atoms. The third-order valence-electron chi connectivity index (χ3n) is 7.34. The number of carbonyl (C=O) groups is 1. The summed E-state index contributed by atoms with van der Waals surface area (Å²) < 4.78 is 6.97. The lowest BCUT2D eigenvalue weighted by molar-refractivity contribution is -0.103. The molecule has 3 fully saturated rings. The molecule has 8 nitrogen and oxygen atoms in total. The number of carbonyl (C=O) groups excluding carboxylic acids is 1. The number of pyridine rings is 2. The molecule has 0 atom stereocenters. The van der Waals surface area contributed by atoms with Crippen LogP contribution in [-0.4, -0.2) is 33.9 Å². The largest absolute Gasteiger partial charge is 0.494 e. The topological polar surface area (TPSA) is 97.6 Å². The summed E-state index contributed by atoms with van der Waals surface area (Å²) in [7, 11) is 1.62. The van der Waals surface area contributed by atoms with Crippen LogP contribution in [0.3, 0.4) is 0 Å². The SMILES string of the molecule is COc1cc(CNC(=O)c2cc(=O)n3ccccc3n2)cc2cc(CNCC34CC(C3)C4)cnc12. The minimum absolute atomic E-state index is 0.0905. The quantitative estimate of drug-likeness (QED) is 0.412. The van der Waals surface area contributed by atoms with Gasteiger partial charge < -0.3 is 15.4 Å². The van der Waals surface area contributed by atoms with Crippen molar-refractivity contribution in [2.24, 2.45) is 11.3 Å². The number of amides is 1. The summed E-state index contributed by atoms with van der Waals surface area (Å²) in [6.45, 7) is 2.12. The Morgan fingerprint density at radius 1 is 1.14 bits per heavy atom. The number of aromatic nitrogens is 3. The lowest BCUT2D eigenvalue weighted by atomic mass is 9.44. The van der Waals surface area contributed by atoms with E-state index in [2.05, 4.69) is 26.7 Å². The molecule has 1 amide bonds. The van der Waals surface area contributed by atoms with Crippen molar-refractivity contribution in [1.82, 2.24) is 25.0 Å².